The average Bonchev–Trinajstić information content (AvgIpc) is 3.25. The number of nitrogens with one attached hydrogen (secondary N) is 1. The molecular formula is C56H103NO3. The van der Waals surface area contributed by atoms with Gasteiger partial charge in [0.15, 0.2) is 0 Å². The Hall–Kier alpha value is -1.91. The monoisotopic (exact) mass is 838 g/mol. The molecule has 0 saturated heterocycles. The molecule has 2 atom stereocenters. The molecule has 0 aliphatic carbocycles. The van der Waals surface area contributed by atoms with Crippen LogP contribution in [0.15, 0.2) is 60.8 Å². The zero-order chi connectivity index (χ0) is 43.5. The standard InChI is InChI=1S/C56H103NO3/c1-3-5-7-9-11-13-15-17-19-20-21-22-23-24-25-26-27-28-29-30-31-32-33-34-35-36-38-40-42-44-46-48-50-52-56(60)57-54(53-58)55(59)51-49-47-45-43-41-39-37-18-16-14-12-10-8-6-4-2/h5,7,11,13,17,19,21-22,49,51,54-55,58-59H,3-4,6,8-10,12,14-16,18,20,23-48,50,52-53H2,1-2H3,(H,57,60)/b7-5-,13-11-,19-17-,22-21-,51-49+. The number of carbonyl (C=O) groups is 1. The molecule has 4 heteroatoms. The maximum atomic E-state index is 12.4. The quantitative estimate of drug-likeness (QED) is 0.0422. The summed E-state index contributed by atoms with van der Waals surface area (Å²) in [7, 11) is 0. The Labute approximate surface area is 375 Å². The van der Waals surface area contributed by atoms with E-state index in [1.807, 2.05) is 6.08 Å². The molecule has 3 N–H and O–H groups in total. The third-order valence-corrected chi connectivity index (χ3v) is 12.0. The molecule has 0 bridgehead atoms. The minimum Gasteiger partial charge on any atom is -0.394 e. The summed E-state index contributed by atoms with van der Waals surface area (Å²) in [6.45, 7) is 4.21. The van der Waals surface area contributed by atoms with Crippen molar-refractivity contribution in [1.82, 2.24) is 5.32 Å². The third kappa shape index (κ3) is 47.1. The summed E-state index contributed by atoms with van der Waals surface area (Å²) in [6, 6.07) is -0.621. The molecule has 0 saturated carbocycles. The van der Waals surface area contributed by atoms with Crippen LogP contribution >= 0.6 is 0 Å². The lowest BCUT2D eigenvalue weighted by Crippen LogP contribution is -2.45. The van der Waals surface area contributed by atoms with E-state index in [1.54, 1.807) is 6.08 Å². The Balaban J connectivity index is 3.45. The number of hydrogen-bond donors (Lipinski definition) is 3. The first kappa shape index (κ1) is 58.1. The van der Waals surface area contributed by atoms with E-state index in [0.29, 0.717) is 6.42 Å². The summed E-state index contributed by atoms with van der Waals surface area (Å²) < 4.78 is 0. The second kappa shape index (κ2) is 51.4. The molecule has 0 radical (unpaired) electrons. The van der Waals surface area contributed by atoms with Gasteiger partial charge in [-0.2, -0.15) is 0 Å². The highest BCUT2D eigenvalue weighted by molar-refractivity contribution is 5.76. The minimum atomic E-state index is -0.838. The van der Waals surface area contributed by atoms with Crippen LogP contribution in [-0.2, 0) is 4.79 Å². The molecule has 0 aromatic carbocycles. The molecule has 0 spiro atoms. The van der Waals surface area contributed by atoms with Crippen LogP contribution in [0, 0.1) is 0 Å². The molecule has 60 heavy (non-hydrogen) atoms. The van der Waals surface area contributed by atoms with E-state index in [0.717, 1.165) is 51.4 Å². The van der Waals surface area contributed by atoms with Gasteiger partial charge in [0, 0.05) is 6.42 Å². The lowest BCUT2D eigenvalue weighted by molar-refractivity contribution is -0.123. The van der Waals surface area contributed by atoms with Crippen LogP contribution < -0.4 is 5.32 Å². The number of rotatable bonds is 48. The molecule has 4 nitrogen and oxygen atoms in total. The maximum Gasteiger partial charge on any atom is 0.220 e. The van der Waals surface area contributed by atoms with Crippen molar-refractivity contribution in [3.05, 3.63) is 60.8 Å². The fourth-order valence-electron chi connectivity index (χ4n) is 7.99. The molecule has 0 rings (SSSR count). The van der Waals surface area contributed by atoms with Gasteiger partial charge in [0.1, 0.15) is 0 Å². The Bertz CT molecular complexity index is 996. The summed E-state index contributed by atoms with van der Waals surface area (Å²) in [5, 5.41) is 23.1. The topological polar surface area (TPSA) is 69.6 Å². The number of amides is 1. The maximum absolute atomic E-state index is 12.4. The van der Waals surface area contributed by atoms with Gasteiger partial charge in [-0.05, 0) is 57.8 Å². The van der Waals surface area contributed by atoms with E-state index in [-0.39, 0.29) is 12.5 Å². The summed E-state index contributed by atoms with van der Waals surface area (Å²) >= 11 is 0. The van der Waals surface area contributed by atoms with E-state index in [1.165, 1.54) is 199 Å². The second-order valence-corrected chi connectivity index (χ2v) is 17.9. The van der Waals surface area contributed by atoms with E-state index < -0.39 is 12.1 Å². The van der Waals surface area contributed by atoms with E-state index in [9.17, 15) is 15.0 Å². The zero-order valence-corrected chi connectivity index (χ0v) is 40.2. The molecule has 1 amide bonds. The number of carbonyl (C=O) groups excluding carboxylic acids is 1. The van der Waals surface area contributed by atoms with Crippen LogP contribution in [0.2, 0.25) is 0 Å². The van der Waals surface area contributed by atoms with Gasteiger partial charge < -0.3 is 15.5 Å². The van der Waals surface area contributed by atoms with Crippen LogP contribution in [-0.4, -0.2) is 34.9 Å². The van der Waals surface area contributed by atoms with Gasteiger partial charge in [-0.1, -0.05) is 267 Å². The van der Waals surface area contributed by atoms with Crippen molar-refractivity contribution in [2.45, 2.75) is 283 Å². The minimum absolute atomic E-state index is 0.0617. The Kier molecular flexibility index (Phi) is 49.8. The molecule has 0 aromatic rings. The number of unbranched alkanes of at least 4 members (excludes halogenated alkanes) is 33. The van der Waals surface area contributed by atoms with Crippen molar-refractivity contribution < 1.29 is 15.0 Å². The Morgan fingerprint density at radius 1 is 0.417 bits per heavy atom. The van der Waals surface area contributed by atoms with E-state index in [4.69, 9.17) is 0 Å². The Morgan fingerprint density at radius 3 is 1.10 bits per heavy atom. The predicted molar refractivity (Wildman–Crippen MR) is 267 cm³/mol. The van der Waals surface area contributed by atoms with E-state index >= 15 is 0 Å². The lowest BCUT2D eigenvalue weighted by Gasteiger charge is -2.20. The third-order valence-electron chi connectivity index (χ3n) is 12.0. The van der Waals surface area contributed by atoms with Gasteiger partial charge in [-0.15, -0.1) is 0 Å². The van der Waals surface area contributed by atoms with Crippen molar-refractivity contribution in [2.24, 2.45) is 0 Å². The fraction of sp³-hybridized carbons (Fsp3) is 0.804. The van der Waals surface area contributed by atoms with E-state index in [2.05, 4.69) is 67.8 Å². The molecule has 0 heterocycles. The summed E-state index contributed by atoms with van der Waals surface area (Å²) in [6.07, 6.45) is 72.3. The molecule has 0 aliphatic heterocycles. The normalized spacial score (nSPS) is 13.3. The molecule has 0 aliphatic rings. The highest BCUT2D eigenvalue weighted by Crippen LogP contribution is 2.16. The number of aliphatic hydroxyl groups excluding tert-OH is 2. The zero-order valence-electron chi connectivity index (χ0n) is 40.2. The number of aliphatic hydroxyl groups is 2. The van der Waals surface area contributed by atoms with Crippen LogP contribution in [0.25, 0.3) is 0 Å². The molecule has 0 fully saturated rings. The fourth-order valence-corrected chi connectivity index (χ4v) is 7.99. The highest BCUT2D eigenvalue weighted by atomic mass is 16.3. The summed E-state index contributed by atoms with van der Waals surface area (Å²) in [5.41, 5.74) is 0. The van der Waals surface area contributed by atoms with Crippen LogP contribution in [0.4, 0.5) is 0 Å². The average molecular weight is 838 g/mol. The molecule has 0 aromatic heterocycles. The predicted octanol–water partition coefficient (Wildman–Crippen LogP) is 17.2. The van der Waals surface area contributed by atoms with Gasteiger partial charge in [-0.25, -0.2) is 0 Å². The Morgan fingerprint density at radius 2 is 0.733 bits per heavy atom. The highest BCUT2D eigenvalue weighted by Gasteiger charge is 2.18. The first-order valence-corrected chi connectivity index (χ1v) is 26.5. The largest absolute Gasteiger partial charge is 0.394 e. The number of hydrogen-bond acceptors (Lipinski definition) is 3. The first-order chi connectivity index (χ1) is 29.7. The van der Waals surface area contributed by atoms with Crippen LogP contribution in [0.3, 0.4) is 0 Å². The van der Waals surface area contributed by atoms with Crippen molar-refractivity contribution in [1.29, 1.82) is 0 Å². The van der Waals surface area contributed by atoms with Crippen molar-refractivity contribution in [3.8, 4) is 0 Å². The smallest absolute Gasteiger partial charge is 0.220 e. The van der Waals surface area contributed by atoms with Gasteiger partial charge in [0.05, 0.1) is 18.8 Å². The lowest BCUT2D eigenvalue weighted by atomic mass is 10.0. The molecule has 2 unspecified atom stereocenters. The number of allylic oxidation sites excluding steroid dienone is 9. The van der Waals surface area contributed by atoms with Gasteiger partial charge in [0.2, 0.25) is 5.91 Å². The van der Waals surface area contributed by atoms with Gasteiger partial charge >= 0.3 is 0 Å². The summed E-state index contributed by atoms with van der Waals surface area (Å²) in [4.78, 5) is 12.4. The summed E-state index contributed by atoms with van der Waals surface area (Å²) in [5.74, 6) is -0.0617. The SMILES string of the molecule is CC/C=C\C/C=C\C/C=C\C/C=C\CCCCCCCCCCCCCCCCCCCCCCC(=O)NC(CO)C(O)/C=C/CCCCCCCCCCCCCCC. The first-order valence-electron chi connectivity index (χ1n) is 26.5. The second-order valence-electron chi connectivity index (χ2n) is 17.9. The van der Waals surface area contributed by atoms with Gasteiger partial charge in [-0.3, -0.25) is 4.79 Å². The van der Waals surface area contributed by atoms with Crippen molar-refractivity contribution in [3.63, 3.8) is 0 Å². The van der Waals surface area contributed by atoms with Crippen LogP contribution in [0.1, 0.15) is 271 Å². The van der Waals surface area contributed by atoms with Crippen molar-refractivity contribution >= 4 is 5.91 Å². The molecule has 350 valence electrons. The van der Waals surface area contributed by atoms with Crippen LogP contribution in [0.5, 0.6) is 0 Å². The molecular weight excluding hydrogens is 735 g/mol. The van der Waals surface area contributed by atoms with Crippen molar-refractivity contribution in [2.75, 3.05) is 6.61 Å². The van der Waals surface area contributed by atoms with Gasteiger partial charge in [0.25, 0.3) is 0 Å².